The molecule has 1 saturated heterocycles. The minimum atomic E-state index is -5.59. The van der Waals surface area contributed by atoms with Crippen LogP contribution < -0.4 is 16.4 Å². The highest BCUT2D eigenvalue weighted by atomic mass is 32.2. The summed E-state index contributed by atoms with van der Waals surface area (Å²) in [5, 5.41) is 26.2. The number of fused-ring (bicyclic) bond motifs is 1. The summed E-state index contributed by atoms with van der Waals surface area (Å²) >= 11 is 0.908. The number of aromatic nitrogens is 4. The van der Waals surface area contributed by atoms with Crippen LogP contribution in [-0.2, 0) is 55.5 Å². The molecule has 1 aliphatic rings. The van der Waals surface area contributed by atoms with Gasteiger partial charge < -0.3 is 50.9 Å². The van der Waals surface area contributed by atoms with Crippen LogP contribution in [0.3, 0.4) is 0 Å². The highest BCUT2D eigenvalue weighted by molar-refractivity contribution is 8.13. The van der Waals surface area contributed by atoms with Crippen LogP contribution in [0, 0.1) is 5.41 Å². The zero-order valence-corrected chi connectivity index (χ0v) is 43.2. The van der Waals surface area contributed by atoms with Gasteiger partial charge in [-0.1, -0.05) is 116 Å². The topological polar surface area (TPSA) is 381 Å². The molecule has 0 spiro atoms. The molecule has 2 aromatic rings. The Morgan fingerprint density at radius 1 is 0.900 bits per heavy atom. The molecule has 398 valence electrons. The number of nitrogens with zero attached hydrogens (tertiary/aromatic N) is 4. The largest absolute Gasteiger partial charge is 0.481 e. The molecule has 25 nitrogen and oxygen atoms in total. The van der Waals surface area contributed by atoms with Gasteiger partial charge in [0, 0.05) is 30.7 Å². The van der Waals surface area contributed by atoms with Crippen LogP contribution in [0.4, 0.5) is 5.82 Å². The van der Waals surface area contributed by atoms with Gasteiger partial charge >= 0.3 is 23.5 Å². The number of rotatable bonds is 36. The number of thioether (sulfide) groups is 1. The van der Waals surface area contributed by atoms with E-state index in [-0.39, 0.29) is 59.6 Å². The van der Waals surface area contributed by atoms with Crippen LogP contribution in [0.25, 0.3) is 11.2 Å². The maximum Gasteiger partial charge on any atom is 0.481 e. The van der Waals surface area contributed by atoms with E-state index >= 15 is 0 Å². The lowest BCUT2D eigenvalue weighted by Gasteiger charge is -2.30. The van der Waals surface area contributed by atoms with E-state index in [0.717, 1.165) is 48.2 Å². The summed E-state index contributed by atoms with van der Waals surface area (Å²) in [5.41, 5.74) is 4.24. The molecule has 3 rings (SSSR count). The van der Waals surface area contributed by atoms with E-state index in [1.807, 2.05) is 0 Å². The Bertz CT molecular complexity index is 2160. The number of imidazole rings is 1. The minimum absolute atomic E-state index is 0.0253. The molecular formula is C41H70N7O18P3S. The molecule has 70 heavy (non-hydrogen) atoms. The predicted molar refractivity (Wildman–Crippen MR) is 256 cm³/mol. The number of unbranched alkanes of at least 4 members (excludes halogenated alkanes) is 13. The average molecular weight is 1070 g/mol. The van der Waals surface area contributed by atoms with Gasteiger partial charge in [0.2, 0.25) is 11.8 Å². The lowest BCUT2D eigenvalue weighted by atomic mass is 9.87. The zero-order valence-electron chi connectivity index (χ0n) is 39.7. The van der Waals surface area contributed by atoms with Crippen molar-refractivity contribution in [3.8, 4) is 0 Å². The van der Waals surface area contributed by atoms with Crippen LogP contribution in [0.5, 0.6) is 0 Å². The molecule has 10 N–H and O–H groups in total. The summed E-state index contributed by atoms with van der Waals surface area (Å²) in [6.07, 6.45) is 13.1. The van der Waals surface area contributed by atoms with E-state index < -0.39 is 84.6 Å². The molecule has 0 bridgehead atoms. The van der Waals surface area contributed by atoms with E-state index in [4.69, 9.17) is 19.5 Å². The zero-order chi connectivity index (χ0) is 52.0. The van der Waals surface area contributed by atoms with Gasteiger partial charge in [-0.05, 0) is 18.9 Å². The van der Waals surface area contributed by atoms with Gasteiger partial charge in [0.05, 0.1) is 26.0 Å². The number of hydrogen-bond donors (Lipinski definition) is 9. The monoisotopic (exact) mass is 1070 g/mol. The van der Waals surface area contributed by atoms with E-state index in [2.05, 4.69) is 41.3 Å². The maximum absolute atomic E-state index is 12.7. The fraction of sp³-hybridized carbons (Fsp3) is 0.732. The summed E-state index contributed by atoms with van der Waals surface area (Å²) in [5.74, 6) is -1.61. The number of carbonyl (C=O) groups is 4. The third-order valence-corrected chi connectivity index (χ3v) is 14.8. The lowest BCUT2D eigenvalue weighted by Crippen LogP contribution is -2.46. The Labute approximate surface area is 411 Å². The third-order valence-electron chi connectivity index (χ3n) is 10.9. The van der Waals surface area contributed by atoms with Gasteiger partial charge in [-0.3, -0.25) is 37.3 Å². The predicted octanol–water partition coefficient (Wildman–Crippen LogP) is 4.66. The Kier molecular flexibility index (Phi) is 26.5. The maximum atomic E-state index is 12.7. The molecule has 0 aromatic carbocycles. The SMILES string of the molecule is CCCCCCCCCCCCCCCC=CC(=O)CC(=O)SCCNC(=O)CCNC(=O)C(O)C(C)(C)COP(=O)(O)OP(=O)(O)OCC1OC(n2cnc3c(N)ncnc32)C(O)C1OP(=O)(O)O. The highest BCUT2D eigenvalue weighted by Crippen LogP contribution is 2.61. The molecule has 0 saturated carbocycles. The van der Waals surface area contributed by atoms with Gasteiger partial charge in [0.25, 0.3) is 0 Å². The first-order chi connectivity index (χ1) is 32.9. The second-order valence-corrected chi connectivity index (χ2v) is 22.8. The van der Waals surface area contributed by atoms with Gasteiger partial charge in [-0.15, -0.1) is 0 Å². The van der Waals surface area contributed by atoms with E-state index in [0.29, 0.717) is 0 Å². The van der Waals surface area contributed by atoms with Crippen molar-refractivity contribution in [3.05, 3.63) is 24.8 Å². The van der Waals surface area contributed by atoms with Crippen molar-refractivity contribution in [1.29, 1.82) is 0 Å². The highest BCUT2D eigenvalue weighted by Gasteiger charge is 2.50. The number of ketones is 1. The van der Waals surface area contributed by atoms with Crippen molar-refractivity contribution < 1.29 is 85.3 Å². The van der Waals surface area contributed by atoms with Gasteiger partial charge in [0.15, 0.2) is 28.6 Å². The number of nitrogens with two attached hydrogens (primary N) is 1. The van der Waals surface area contributed by atoms with Crippen LogP contribution in [-0.4, -0.2) is 128 Å². The van der Waals surface area contributed by atoms with Crippen LogP contribution in [0.2, 0.25) is 0 Å². The molecule has 0 aliphatic carbocycles. The number of aliphatic hydroxyl groups is 2. The van der Waals surface area contributed by atoms with E-state index in [1.54, 1.807) is 6.08 Å². The van der Waals surface area contributed by atoms with Gasteiger partial charge in [-0.2, -0.15) is 4.31 Å². The number of amides is 2. The number of carbonyl (C=O) groups excluding carboxylic acids is 4. The number of hydrogen-bond acceptors (Lipinski definition) is 19. The summed E-state index contributed by atoms with van der Waals surface area (Å²) in [7, 11) is -16.5. The van der Waals surface area contributed by atoms with Crippen LogP contribution >= 0.6 is 35.2 Å². The molecule has 3 heterocycles. The molecule has 7 unspecified atom stereocenters. The molecule has 29 heteroatoms. The van der Waals surface area contributed by atoms with Crippen LogP contribution in [0.1, 0.15) is 130 Å². The first kappa shape index (κ1) is 61.3. The summed E-state index contributed by atoms with van der Waals surface area (Å²) < 4.78 is 62.4. The Hall–Kier alpha value is -3.03. The summed E-state index contributed by atoms with van der Waals surface area (Å²) in [6.45, 7) is 2.54. The Balaban J connectivity index is 1.30. The molecule has 2 aromatic heterocycles. The average Bonchev–Trinajstić information content (AvgIpc) is 3.84. The smallest absolute Gasteiger partial charge is 0.386 e. The molecule has 0 radical (unpaired) electrons. The van der Waals surface area contributed by atoms with Crippen molar-refractivity contribution in [2.24, 2.45) is 5.41 Å². The summed E-state index contributed by atoms with van der Waals surface area (Å²) in [4.78, 5) is 101. The van der Waals surface area contributed by atoms with Crippen molar-refractivity contribution in [3.63, 3.8) is 0 Å². The van der Waals surface area contributed by atoms with E-state index in [1.165, 1.54) is 90.6 Å². The number of anilines is 1. The van der Waals surface area contributed by atoms with Crippen molar-refractivity contribution in [1.82, 2.24) is 30.2 Å². The number of nitrogen functional groups attached to an aromatic ring is 1. The number of phosphoric ester groups is 3. The van der Waals surface area contributed by atoms with E-state index in [9.17, 15) is 62.7 Å². The van der Waals surface area contributed by atoms with Crippen molar-refractivity contribution in [2.45, 2.75) is 154 Å². The normalized spacial score (nSPS) is 19.8. The number of aliphatic hydroxyl groups excluding tert-OH is 2. The number of allylic oxidation sites excluding steroid dienone is 2. The van der Waals surface area contributed by atoms with Gasteiger partial charge in [0.1, 0.15) is 36.3 Å². The quantitative estimate of drug-likeness (QED) is 0.0194. The Morgan fingerprint density at radius 3 is 2.14 bits per heavy atom. The molecule has 2 amide bonds. The van der Waals surface area contributed by atoms with Crippen molar-refractivity contribution in [2.75, 3.05) is 37.8 Å². The second kappa shape index (κ2) is 30.2. The third kappa shape index (κ3) is 22.8. The first-order valence-corrected chi connectivity index (χ1v) is 28.7. The van der Waals surface area contributed by atoms with Gasteiger partial charge in [-0.25, -0.2) is 28.6 Å². The second-order valence-electron chi connectivity index (χ2n) is 17.4. The number of phosphoric acid groups is 3. The fourth-order valence-corrected chi connectivity index (χ4v) is 10.5. The van der Waals surface area contributed by atoms with Crippen LogP contribution in [0.15, 0.2) is 24.8 Å². The standard InChI is InChI=1S/C41H70N7O18P3S/c1-4-5-6-7-8-9-10-11-12-13-14-15-16-17-18-19-29(49)24-32(51)70-23-22-43-31(50)20-21-44-39(54)36(53)41(2,3)26-63-69(60,61)66-68(58,59)62-25-30-35(65-67(55,56)57)34(52)40(64-30)48-28-47-33-37(42)45-27-46-38(33)48/h18-19,27-28,30,34-36,40,52-53H,4-17,20-26H2,1-3H3,(H,43,50)(H,44,54)(H,58,59)(H,60,61)(H2,42,45,46)(H2,55,56,57). The first-order valence-electron chi connectivity index (χ1n) is 23.2. The molecule has 1 aliphatic heterocycles. The minimum Gasteiger partial charge on any atom is -0.386 e. The number of nitrogens with one attached hydrogen (secondary N) is 2. The number of ether oxygens (including phenoxy) is 1. The Morgan fingerprint density at radius 2 is 1.51 bits per heavy atom. The lowest BCUT2D eigenvalue weighted by molar-refractivity contribution is -0.137. The molecule has 7 atom stereocenters. The summed E-state index contributed by atoms with van der Waals surface area (Å²) in [6, 6.07) is 0. The fourth-order valence-electron chi connectivity index (χ4n) is 7.04. The molecule has 1 fully saturated rings. The molecular weight excluding hydrogens is 1000 g/mol. The van der Waals surface area contributed by atoms with Crippen molar-refractivity contribution >= 4 is 74.9 Å².